The molecule has 46 heavy (non-hydrogen) atoms. The SMILES string of the molecule is Cc1cc(C)c(B(c2c(C)cc(C)cc2C)c2c(C)cc(-c3ccc(N(c4ccccc4)c4ccccc4)cc3)cc2C)c(C)c1. The fraction of sp³-hybridized carbons (Fsp3) is 0.182. The van der Waals surface area contributed by atoms with Crippen molar-refractivity contribution in [1.82, 2.24) is 0 Å². The third-order valence-electron chi connectivity index (χ3n) is 9.42. The summed E-state index contributed by atoms with van der Waals surface area (Å²) in [6.07, 6.45) is 0. The molecule has 6 rings (SSSR count). The van der Waals surface area contributed by atoms with Crippen molar-refractivity contribution in [3.8, 4) is 11.1 Å². The molecule has 0 saturated heterocycles. The predicted molar refractivity (Wildman–Crippen MR) is 202 cm³/mol. The first-order valence-electron chi connectivity index (χ1n) is 16.4. The van der Waals surface area contributed by atoms with Crippen LogP contribution >= 0.6 is 0 Å². The first-order chi connectivity index (χ1) is 22.1. The Morgan fingerprint density at radius 2 is 0.674 bits per heavy atom. The number of hydrogen-bond donors (Lipinski definition) is 0. The van der Waals surface area contributed by atoms with Gasteiger partial charge in [-0.05, 0) is 103 Å². The predicted octanol–water partition coefficient (Wildman–Crippen LogP) is 9.81. The fourth-order valence-corrected chi connectivity index (χ4v) is 7.73. The van der Waals surface area contributed by atoms with Crippen molar-refractivity contribution in [3.05, 3.63) is 166 Å². The fourth-order valence-electron chi connectivity index (χ4n) is 7.73. The number of hydrogen-bond acceptors (Lipinski definition) is 1. The molecule has 2 heteroatoms. The average molecular weight is 598 g/mol. The Morgan fingerprint density at radius 1 is 0.348 bits per heavy atom. The standard InChI is InChI=1S/C44H44BN/c1-29-23-31(3)42(32(4)24-29)45(43-33(5)25-30(2)26-34(43)6)44-35(7)27-38(28-36(44)8)37-19-21-41(22-20-37)46(39-15-11-9-12-16-39)40-17-13-10-14-18-40/h9-28H,1-8H3. The van der Waals surface area contributed by atoms with Crippen LogP contribution in [0.25, 0.3) is 11.1 Å². The molecule has 0 aliphatic rings. The quantitative estimate of drug-likeness (QED) is 0.166. The molecule has 0 heterocycles. The van der Waals surface area contributed by atoms with Crippen LogP contribution < -0.4 is 21.3 Å². The number of para-hydroxylation sites is 2. The molecule has 0 aromatic heterocycles. The lowest BCUT2D eigenvalue weighted by atomic mass is 9.33. The lowest BCUT2D eigenvalue weighted by Crippen LogP contribution is -2.57. The van der Waals surface area contributed by atoms with E-state index in [0.717, 1.165) is 17.1 Å². The van der Waals surface area contributed by atoms with Gasteiger partial charge in [-0.25, -0.2) is 0 Å². The first-order valence-corrected chi connectivity index (χ1v) is 16.4. The van der Waals surface area contributed by atoms with E-state index < -0.39 is 0 Å². The minimum Gasteiger partial charge on any atom is -0.311 e. The molecular formula is C44H44BN. The zero-order valence-electron chi connectivity index (χ0n) is 28.6. The molecule has 0 radical (unpaired) electrons. The summed E-state index contributed by atoms with van der Waals surface area (Å²) in [6, 6.07) is 44.4. The van der Waals surface area contributed by atoms with Gasteiger partial charge in [0.1, 0.15) is 0 Å². The van der Waals surface area contributed by atoms with Gasteiger partial charge in [0.05, 0.1) is 0 Å². The Labute approximate surface area is 276 Å². The Kier molecular flexibility index (Phi) is 8.74. The van der Waals surface area contributed by atoms with Gasteiger partial charge in [-0.15, -0.1) is 0 Å². The maximum absolute atomic E-state index is 2.40. The van der Waals surface area contributed by atoms with Gasteiger partial charge in [-0.2, -0.15) is 0 Å². The summed E-state index contributed by atoms with van der Waals surface area (Å²) >= 11 is 0. The van der Waals surface area contributed by atoms with Crippen molar-refractivity contribution in [1.29, 1.82) is 0 Å². The monoisotopic (exact) mass is 597 g/mol. The second kappa shape index (κ2) is 12.9. The normalized spacial score (nSPS) is 11.0. The van der Waals surface area contributed by atoms with Crippen LogP contribution in [0.15, 0.2) is 121 Å². The highest BCUT2D eigenvalue weighted by molar-refractivity contribution is 6.97. The van der Waals surface area contributed by atoms with Gasteiger partial charge >= 0.3 is 0 Å². The zero-order valence-corrected chi connectivity index (χ0v) is 28.6. The molecule has 0 N–H and O–H groups in total. The van der Waals surface area contributed by atoms with E-state index in [4.69, 9.17) is 0 Å². The lowest BCUT2D eigenvalue weighted by Gasteiger charge is -2.27. The molecule has 0 aliphatic carbocycles. The summed E-state index contributed by atoms with van der Waals surface area (Å²) in [6.45, 7) is 18.3. The van der Waals surface area contributed by atoms with Gasteiger partial charge in [0.2, 0.25) is 6.71 Å². The summed E-state index contributed by atoms with van der Waals surface area (Å²) in [4.78, 5) is 2.31. The summed E-state index contributed by atoms with van der Waals surface area (Å²) in [5, 5.41) is 0. The van der Waals surface area contributed by atoms with Gasteiger partial charge in [0.25, 0.3) is 0 Å². The van der Waals surface area contributed by atoms with Crippen LogP contribution in [0.2, 0.25) is 0 Å². The molecule has 0 unspecified atom stereocenters. The van der Waals surface area contributed by atoms with Crippen LogP contribution in [0.5, 0.6) is 0 Å². The molecule has 0 spiro atoms. The van der Waals surface area contributed by atoms with Crippen molar-refractivity contribution >= 4 is 40.2 Å². The van der Waals surface area contributed by atoms with Crippen LogP contribution in [-0.2, 0) is 0 Å². The highest BCUT2D eigenvalue weighted by Crippen LogP contribution is 2.35. The second-order valence-corrected chi connectivity index (χ2v) is 13.1. The second-order valence-electron chi connectivity index (χ2n) is 13.1. The van der Waals surface area contributed by atoms with Crippen molar-refractivity contribution in [2.75, 3.05) is 4.90 Å². The van der Waals surface area contributed by atoms with E-state index in [1.807, 2.05) is 0 Å². The van der Waals surface area contributed by atoms with Crippen molar-refractivity contribution in [2.24, 2.45) is 0 Å². The van der Waals surface area contributed by atoms with Crippen LogP contribution in [0.4, 0.5) is 17.1 Å². The molecule has 0 amide bonds. The first kappa shape index (κ1) is 31.2. The molecule has 1 nitrogen and oxygen atoms in total. The molecule has 0 saturated carbocycles. The van der Waals surface area contributed by atoms with Crippen molar-refractivity contribution in [2.45, 2.75) is 55.4 Å². The van der Waals surface area contributed by atoms with E-state index >= 15 is 0 Å². The van der Waals surface area contributed by atoms with E-state index in [1.165, 1.54) is 72.0 Å². The highest BCUT2D eigenvalue weighted by Gasteiger charge is 2.31. The topological polar surface area (TPSA) is 3.24 Å². The average Bonchev–Trinajstić information content (AvgIpc) is 3.01. The smallest absolute Gasteiger partial charge is 0.243 e. The van der Waals surface area contributed by atoms with E-state index in [1.54, 1.807) is 0 Å². The van der Waals surface area contributed by atoms with Gasteiger partial charge in [0, 0.05) is 17.1 Å². The molecule has 0 aliphatic heterocycles. The van der Waals surface area contributed by atoms with Crippen LogP contribution in [0.1, 0.15) is 44.5 Å². The molecule has 6 aromatic carbocycles. The van der Waals surface area contributed by atoms with Crippen LogP contribution in [0, 0.1) is 55.4 Å². The van der Waals surface area contributed by atoms with E-state index in [9.17, 15) is 0 Å². The maximum Gasteiger partial charge on any atom is 0.243 e. The Hall–Kier alpha value is -4.82. The van der Waals surface area contributed by atoms with Crippen molar-refractivity contribution in [3.63, 3.8) is 0 Å². The Bertz CT molecular complexity index is 1840. The van der Waals surface area contributed by atoms with E-state index in [2.05, 4.69) is 182 Å². The number of anilines is 3. The van der Waals surface area contributed by atoms with Gasteiger partial charge < -0.3 is 4.90 Å². The molecule has 0 bridgehead atoms. The summed E-state index contributed by atoms with van der Waals surface area (Å²) < 4.78 is 0. The number of benzene rings is 6. The number of aryl methyl sites for hydroxylation is 8. The molecular weight excluding hydrogens is 553 g/mol. The maximum atomic E-state index is 2.40. The largest absolute Gasteiger partial charge is 0.311 e. The van der Waals surface area contributed by atoms with E-state index in [-0.39, 0.29) is 6.71 Å². The van der Waals surface area contributed by atoms with Gasteiger partial charge in [0.15, 0.2) is 0 Å². The van der Waals surface area contributed by atoms with Crippen LogP contribution in [0.3, 0.4) is 0 Å². The molecule has 6 aromatic rings. The summed E-state index contributed by atoms with van der Waals surface area (Å²) in [7, 11) is 0. The van der Waals surface area contributed by atoms with Crippen LogP contribution in [-0.4, -0.2) is 6.71 Å². The Balaban J connectivity index is 1.45. The summed E-state index contributed by atoms with van der Waals surface area (Å²) in [5.41, 5.74) is 21.0. The molecule has 0 atom stereocenters. The molecule has 228 valence electrons. The zero-order chi connectivity index (χ0) is 32.5. The highest BCUT2D eigenvalue weighted by atomic mass is 15.1. The van der Waals surface area contributed by atoms with Crippen molar-refractivity contribution < 1.29 is 0 Å². The van der Waals surface area contributed by atoms with Gasteiger partial charge in [-0.3, -0.25) is 0 Å². The minimum absolute atomic E-state index is 0.169. The lowest BCUT2D eigenvalue weighted by molar-refractivity contribution is 1.28. The van der Waals surface area contributed by atoms with E-state index in [0.29, 0.717) is 0 Å². The Morgan fingerprint density at radius 3 is 1.04 bits per heavy atom. The number of nitrogens with zero attached hydrogens (tertiary/aromatic N) is 1. The third kappa shape index (κ3) is 6.05. The molecule has 0 fully saturated rings. The summed E-state index contributed by atoms with van der Waals surface area (Å²) in [5.74, 6) is 0. The van der Waals surface area contributed by atoms with Gasteiger partial charge in [-0.1, -0.05) is 146 Å². The minimum atomic E-state index is 0.169. The number of rotatable bonds is 7. The third-order valence-corrected chi connectivity index (χ3v) is 9.42.